The fourth-order valence-corrected chi connectivity index (χ4v) is 2.39. The van der Waals surface area contributed by atoms with Crippen molar-refractivity contribution in [2.75, 3.05) is 0 Å². The molecule has 0 N–H and O–H groups in total. The van der Waals surface area contributed by atoms with Gasteiger partial charge in [-0.15, -0.1) is 0 Å². The molecule has 0 atom stereocenters. The summed E-state index contributed by atoms with van der Waals surface area (Å²) in [6, 6.07) is 6.37. The SMILES string of the molecule is C[CH2][Sn+2][CH2]C.[O-]/C=N\N=C\c1ccccc1[O-]. The quantitative estimate of drug-likeness (QED) is 0.356. The first kappa shape index (κ1) is 16.0. The molecule has 0 heterocycles. The smallest absolute Gasteiger partial charge is 0.0561 e. The molecule has 1 aromatic carbocycles. The minimum Gasteiger partial charge on any atom is -0.872 e. The van der Waals surface area contributed by atoms with Crippen LogP contribution in [-0.2, 0) is 0 Å². The van der Waals surface area contributed by atoms with Crippen LogP contribution in [0.3, 0.4) is 0 Å². The largest absolute Gasteiger partial charge is 0.872 e. The standard InChI is InChI=1S/C8H8N2O2.2C2H5.Sn/c11-6-10-9-5-7-3-1-2-4-8(7)12;2*1-2;/h1-6,12H,(H,10,11);2*1H2,2H3;/q;;;+2/p-2/b9-5+;;;. The molecule has 5 heteroatoms. The number of benzene rings is 1. The van der Waals surface area contributed by atoms with E-state index in [2.05, 4.69) is 24.1 Å². The van der Waals surface area contributed by atoms with Crippen molar-refractivity contribution in [3.05, 3.63) is 29.8 Å². The topological polar surface area (TPSA) is 70.8 Å². The van der Waals surface area contributed by atoms with E-state index in [-0.39, 0.29) is 26.9 Å². The molecular formula is C12H16N2O2Sn. The molecule has 0 aliphatic heterocycles. The van der Waals surface area contributed by atoms with Gasteiger partial charge in [0.05, 0.1) is 6.21 Å². The van der Waals surface area contributed by atoms with E-state index in [4.69, 9.17) is 0 Å². The Balaban J connectivity index is 0.000000437. The van der Waals surface area contributed by atoms with Crippen LogP contribution in [0.15, 0.2) is 34.5 Å². The molecule has 0 saturated heterocycles. The first-order chi connectivity index (χ1) is 8.26. The molecule has 0 aliphatic rings. The Morgan fingerprint density at radius 3 is 2.29 bits per heavy atom. The van der Waals surface area contributed by atoms with Gasteiger partial charge in [0, 0.05) is 0 Å². The summed E-state index contributed by atoms with van der Waals surface area (Å²) in [5.41, 5.74) is 0.420. The minimum atomic E-state index is -0.137. The zero-order valence-corrected chi connectivity index (χ0v) is 12.9. The summed E-state index contributed by atoms with van der Waals surface area (Å²) in [6.45, 7) is 4.57. The van der Waals surface area contributed by atoms with Crippen LogP contribution in [-0.4, -0.2) is 33.8 Å². The molecule has 1 rings (SSSR count). The van der Waals surface area contributed by atoms with Gasteiger partial charge in [-0.1, -0.05) is 30.0 Å². The first-order valence-electron chi connectivity index (χ1n) is 5.39. The molecule has 0 unspecified atom stereocenters. The third kappa shape index (κ3) is 8.73. The van der Waals surface area contributed by atoms with Crippen LogP contribution in [0.25, 0.3) is 0 Å². The molecule has 0 saturated carbocycles. The van der Waals surface area contributed by atoms with E-state index < -0.39 is 0 Å². The van der Waals surface area contributed by atoms with Crippen molar-refractivity contribution in [3.8, 4) is 5.75 Å². The van der Waals surface area contributed by atoms with Crippen LogP contribution in [0, 0.1) is 0 Å². The first-order valence-corrected chi connectivity index (χ1v) is 9.43. The van der Waals surface area contributed by atoms with E-state index in [0.29, 0.717) is 12.0 Å². The second-order valence-corrected chi connectivity index (χ2v) is 8.42. The van der Waals surface area contributed by atoms with Gasteiger partial charge in [0.2, 0.25) is 0 Å². The molecule has 0 radical (unpaired) electrons. The van der Waals surface area contributed by atoms with Crippen molar-refractivity contribution < 1.29 is 10.2 Å². The number of hydrogen-bond acceptors (Lipinski definition) is 4. The number of nitrogens with zero attached hydrogens (tertiary/aromatic N) is 2. The van der Waals surface area contributed by atoms with Crippen LogP contribution in [0.5, 0.6) is 5.75 Å². The van der Waals surface area contributed by atoms with Gasteiger partial charge in [-0.05, 0) is 12.0 Å². The minimum absolute atomic E-state index is 0.137. The summed E-state index contributed by atoms with van der Waals surface area (Å²) in [5.74, 6) is -0.137. The molecule has 0 bridgehead atoms. The Kier molecular flexibility index (Phi) is 10.7. The van der Waals surface area contributed by atoms with Crippen LogP contribution in [0.1, 0.15) is 19.4 Å². The monoisotopic (exact) mass is 340 g/mol. The van der Waals surface area contributed by atoms with Crippen molar-refractivity contribution in [1.82, 2.24) is 0 Å². The summed E-state index contributed by atoms with van der Waals surface area (Å²) < 4.78 is 3.03. The zero-order chi connectivity index (χ0) is 12.9. The van der Waals surface area contributed by atoms with Gasteiger partial charge in [-0.25, -0.2) is 0 Å². The summed E-state index contributed by atoms with van der Waals surface area (Å²) in [4.78, 5) is 0. The van der Waals surface area contributed by atoms with E-state index in [9.17, 15) is 10.2 Å². The van der Waals surface area contributed by atoms with Gasteiger partial charge in [-0.3, -0.25) is 0 Å². The molecule has 4 nitrogen and oxygen atoms in total. The number of para-hydroxylation sites is 1. The molecule has 17 heavy (non-hydrogen) atoms. The van der Waals surface area contributed by atoms with Gasteiger partial charge >= 0.3 is 43.9 Å². The van der Waals surface area contributed by atoms with Crippen molar-refractivity contribution in [2.45, 2.75) is 22.7 Å². The predicted molar refractivity (Wildman–Crippen MR) is 68.7 cm³/mol. The summed E-state index contributed by atoms with van der Waals surface area (Å²) >= 11 is 0.218. The van der Waals surface area contributed by atoms with Gasteiger partial charge in [0.25, 0.3) is 0 Å². The molecule has 1 aromatic rings. The van der Waals surface area contributed by atoms with Crippen molar-refractivity contribution in [3.63, 3.8) is 0 Å². The number of rotatable bonds is 4. The average Bonchev–Trinajstić information content (AvgIpc) is 2.34. The number of hydrogen-bond donors (Lipinski definition) is 0. The Labute approximate surface area is 112 Å². The Bertz CT molecular complexity index is 352. The predicted octanol–water partition coefficient (Wildman–Crippen LogP) is 1.05. The van der Waals surface area contributed by atoms with Crippen molar-refractivity contribution in [2.24, 2.45) is 10.2 Å². The Morgan fingerprint density at radius 2 is 1.82 bits per heavy atom. The third-order valence-corrected chi connectivity index (χ3v) is 4.58. The second-order valence-electron chi connectivity index (χ2n) is 2.96. The maximum absolute atomic E-state index is 11.0. The Morgan fingerprint density at radius 1 is 1.18 bits per heavy atom. The van der Waals surface area contributed by atoms with E-state index in [1.807, 2.05) is 0 Å². The van der Waals surface area contributed by atoms with E-state index in [0.717, 1.165) is 0 Å². The van der Waals surface area contributed by atoms with Gasteiger partial charge in [0.1, 0.15) is 0 Å². The van der Waals surface area contributed by atoms with E-state index >= 15 is 0 Å². The van der Waals surface area contributed by atoms with Crippen molar-refractivity contribution >= 4 is 33.8 Å². The van der Waals surface area contributed by atoms with Crippen LogP contribution in [0.4, 0.5) is 0 Å². The fraction of sp³-hybridized carbons (Fsp3) is 0.333. The molecule has 90 valence electrons. The van der Waals surface area contributed by atoms with E-state index in [1.54, 1.807) is 18.2 Å². The van der Waals surface area contributed by atoms with Crippen LogP contribution < -0.4 is 10.2 Å². The molecule has 0 amide bonds. The molecule has 0 aromatic heterocycles. The average molecular weight is 339 g/mol. The van der Waals surface area contributed by atoms with Crippen LogP contribution >= 0.6 is 0 Å². The molecular weight excluding hydrogens is 323 g/mol. The van der Waals surface area contributed by atoms with Gasteiger partial charge < -0.3 is 10.2 Å². The summed E-state index contributed by atoms with van der Waals surface area (Å²) in [6.07, 6.45) is 1.56. The molecule has 0 fully saturated rings. The maximum Gasteiger partial charge on any atom is 0.0561 e. The van der Waals surface area contributed by atoms with Crippen molar-refractivity contribution in [1.29, 1.82) is 0 Å². The maximum atomic E-state index is 11.0. The normalized spacial score (nSPS) is 10.0. The Hall–Kier alpha value is -1.04. The second kappa shape index (κ2) is 11.4. The van der Waals surface area contributed by atoms with E-state index in [1.165, 1.54) is 21.2 Å². The fourth-order valence-electron chi connectivity index (χ4n) is 0.960. The van der Waals surface area contributed by atoms with Crippen LogP contribution in [0.2, 0.25) is 8.87 Å². The summed E-state index contributed by atoms with van der Waals surface area (Å²) in [7, 11) is 0. The molecule has 0 spiro atoms. The third-order valence-electron chi connectivity index (χ3n) is 1.73. The zero-order valence-electron chi connectivity index (χ0n) is 10.1. The summed E-state index contributed by atoms with van der Waals surface area (Å²) in [5, 5.41) is 27.1. The van der Waals surface area contributed by atoms with Gasteiger partial charge in [-0.2, -0.15) is 10.2 Å². The molecule has 0 aliphatic carbocycles. The van der Waals surface area contributed by atoms with Gasteiger partial charge in [0.15, 0.2) is 0 Å².